The summed E-state index contributed by atoms with van der Waals surface area (Å²) >= 11 is 0. The molecule has 1 fully saturated rings. The first-order valence-corrected chi connectivity index (χ1v) is 7.52. The van der Waals surface area contributed by atoms with Crippen LogP contribution in [0.5, 0.6) is 0 Å². The summed E-state index contributed by atoms with van der Waals surface area (Å²) in [5.74, 6) is -1.15. The molecular formula is C15H18F3N3O3. The van der Waals surface area contributed by atoms with Crippen molar-refractivity contribution in [1.82, 2.24) is 5.32 Å². The highest BCUT2D eigenvalue weighted by molar-refractivity contribution is 5.79. The predicted molar refractivity (Wildman–Crippen MR) is 81.8 cm³/mol. The summed E-state index contributed by atoms with van der Waals surface area (Å²) in [5.41, 5.74) is 1.43. The third-order valence-electron chi connectivity index (χ3n) is 3.99. The van der Waals surface area contributed by atoms with E-state index in [1.54, 1.807) is 13.0 Å². The molecule has 1 aliphatic heterocycles. The van der Waals surface area contributed by atoms with Crippen molar-refractivity contribution in [3.63, 3.8) is 0 Å². The highest BCUT2D eigenvalue weighted by Crippen LogP contribution is 2.29. The van der Waals surface area contributed by atoms with Crippen LogP contribution in [0, 0.1) is 23.0 Å². The minimum absolute atomic E-state index is 0.0206. The van der Waals surface area contributed by atoms with E-state index in [1.165, 1.54) is 12.1 Å². The van der Waals surface area contributed by atoms with Gasteiger partial charge in [-0.25, -0.2) is 0 Å². The summed E-state index contributed by atoms with van der Waals surface area (Å²) in [6, 6.07) is 4.45. The number of hydrogen-bond donors (Lipinski definition) is 1. The molecule has 1 N–H and O–H groups in total. The number of hydrogen-bond acceptors (Lipinski definition) is 4. The Bertz CT molecular complexity index is 634. The Morgan fingerprint density at radius 2 is 2.17 bits per heavy atom. The molecule has 1 aromatic rings. The molecule has 24 heavy (non-hydrogen) atoms. The lowest BCUT2D eigenvalue weighted by molar-refractivity contribution is -0.384. The number of nitro groups is 1. The van der Waals surface area contributed by atoms with E-state index in [9.17, 15) is 28.1 Å². The third kappa shape index (κ3) is 4.59. The number of benzene rings is 1. The van der Waals surface area contributed by atoms with Crippen molar-refractivity contribution in [2.45, 2.75) is 25.9 Å². The monoisotopic (exact) mass is 345 g/mol. The summed E-state index contributed by atoms with van der Waals surface area (Å²) in [6.07, 6.45) is -3.24. The molecule has 1 atom stereocenters. The fraction of sp³-hybridized carbons (Fsp3) is 0.533. The number of carbonyl (C=O) groups is 1. The number of anilines is 1. The van der Waals surface area contributed by atoms with Gasteiger partial charge in [0.15, 0.2) is 0 Å². The van der Waals surface area contributed by atoms with Gasteiger partial charge >= 0.3 is 6.18 Å². The van der Waals surface area contributed by atoms with Gasteiger partial charge in [0.05, 0.1) is 10.8 Å². The summed E-state index contributed by atoms with van der Waals surface area (Å²) in [7, 11) is 0. The van der Waals surface area contributed by atoms with E-state index in [1.807, 2.05) is 10.2 Å². The Morgan fingerprint density at radius 1 is 1.46 bits per heavy atom. The van der Waals surface area contributed by atoms with Gasteiger partial charge in [-0.15, -0.1) is 0 Å². The number of nitrogens with one attached hydrogen (secondary N) is 1. The van der Waals surface area contributed by atoms with Gasteiger partial charge in [-0.2, -0.15) is 13.2 Å². The van der Waals surface area contributed by atoms with E-state index in [2.05, 4.69) is 0 Å². The number of non-ortho nitro benzene ring substituents is 1. The van der Waals surface area contributed by atoms with Crippen molar-refractivity contribution in [2.24, 2.45) is 5.92 Å². The molecular weight excluding hydrogens is 327 g/mol. The molecule has 0 spiro atoms. The lowest BCUT2D eigenvalue weighted by Crippen LogP contribution is -2.45. The predicted octanol–water partition coefficient (Wildman–Crippen LogP) is 2.80. The van der Waals surface area contributed by atoms with Gasteiger partial charge < -0.3 is 10.2 Å². The van der Waals surface area contributed by atoms with Crippen LogP contribution in [0.25, 0.3) is 0 Å². The zero-order valence-electron chi connectivity index (χ0n) is 13.1. The molecule has 1 aliphatic rings. The van der Waals surface area contributed by atoms with E-state index in [0.29, 0.717) is 31.5 Å². The number of piperidine rings is 1. The largest absolute Gasteiger partial charge is 0.405 e. The molecule has 1 saturated heterocycles. The Kier molecular flexibility index (Phi) is 5.30. The summed E-state index contributed by atoms with van der Waals surface area (Å²) in [5, 5.41) is 12.7. The van der Waals surface area contributed by atoms with E-state index in [4.69, 9.17) is 0 Å². The van der Waals surface area contributed by atoms with E-state index < -0.39 is 29.5 Å². The molecule has 1 heterocycles. The SMILES string of the molecule is Cc1cc([N+](=O)[O-])ccc1N1CCCC(C(=O)NCC(F)(F)F)C1. The maximum absolute atomic E-state index is 12.2. The van der Waals surface area contributed by atoms with Crippen LogP contribution in [-0.2, 0) is 4.79 Å². The molecule has 6 nitrogen and oxygen atoms in total. The van der Waals surface area contributed by atoms with Crippen molar-refractivity contribution in [3.8, 4) is 0 Å². The van der Waals surface area contributed by atoms with Crippen LogP contribution < -0.4 is 10.2 Å². The van der Waals surface area contributed by atoms with E-state index in [0.717, 1.165) is 5.69 Å². The van der Waals surface area contributed by atoms with Gasteiger partial charge in [-0.05, 0) is 31.4 Å². The number of amides is 1. The minimum Gasteiger partial charge on any atom is -0.371 e. The Labute approximate surface area is 136 Å². The summed E-state index contributed by atoms with van der Waals surface area (Å²) in [4.78, 5) is 24.1. The summed E-state index contributed by atoms with van der Waals surface area (Å²) in [6.45, 7) is 1.35. The van der Waals surface area contributed by atoms with Crippen LogP contribution in [0.1, 0.15) is 18.4 Å². The molecule has 0 radical (unpaired) electrons. The first kappa shape index (κ1) is 18.0. The highest BCUT2D eigenvalue weighted by Gasteiger charge is 2.31. The minimum atomic E-state index is -4.43. The fourth-order valence-electron chi connectivity index (χ4n) is 2.85. The molecule has 0 bridgehead atoms. The van der Waals surface area contributed by atoms with Crippen molar-refractivity contribution in [1.29, 1.82) is 0 Å². The smallest absolute Gasteiger partial charge is 0.371 e. The van der Waals surface area contributed by atoms with E-state index >= 15 is 0 Å². The van der Waals surface area contributed by atoms with Crippen LogP contribution in [0.4, 0.5) is 24.5 Å². The Morgan fingerprint density at radius 3 is 2.75 bits per heavy atom. The first-order valence-electron chi connectivity index (χ1n) is 7.52. The highest BCUT2D eigenvalue weighted by atomic mass is 19.4. The molecule has 132 valence electrons. The van der Waals surface area contributed by atoms with Crippen molar-refractivity contribution >= 4 is 17.3 Å². The zero-order valence-corrected chi connectivity index (χ0v) is 13.1. The summed E-state index contributed by atoms with van der Waals surface area (Å²) < 4.78 is 36.6. The number of carbonyl (C=O) groups excluding carboxylic acids is 1. The van der Waals surface area contributed by atoms with Crippen LogP contribution >= 0.6 is 0 Å². The molecule has 0 aromatic heterocycles. The van der Waals surface area contributed by atoms with Crippen LogP contribution in [0.2, 0.25) is 0 Å². The van der Waals surface area contributed by atoms with Crippen molar-refractivity contribution in [3.05, 3.63) is 33.9 Å². The molecule has 1 amide bonds. The molecule has 1 unspecified atom stereocenters. The maximum atomic E-state index is 12.2. The quantitative estimate of drug-likeness (QED) is 0.673. The van der Waals surface area contributed by atoms with Crippen molar-refractivity contribution < 1.29 is 22.9 Å². The average molecular weight is 345 g/mol. The second-order valence-corrected chi connectivity index (χ2v) is 5.85. The molecule has 0 saturated carbocycles. The average Bonchev–Trinajstić information content (AvgIpc) is 2.51. The van der Waals surface area contributed by atoms with Gasteiger partial charge in [0.25, 0.3) is 5.69 Å². The standard InChI is InChI=1S/C15H18F3N3O3/c1-10-7-12(21(23)24)4-5-13(10)20-6-2-3-11(8-20)14(22)19-9-15(16,17)18/h4-5,7,11H,2-3,6,8-9H2,1H3,(H,19,22). The normalized spacial score (nSPS) is 18.3. The number of aryl methyl sites for hydroxylation is 1. The van der Waals surface area contributed by atoms with Crippen LogP contribution in [0.15, 0.2) is 18.2 Å². The fourth-order valence-corrected chi connectivity index (χ4v) is 2.85. The number of nitro benzene ring substituents is 1. The van der Waals surface area contributed by atoms with Gasteiger partial charge in [0.1, 0.15) is 6.54 Å². The molecule has 9 heteroatoms. The topological polar surface area (TPSA) is 75.5 Å². The number of nitrogens with zero attached hydrogens (tertiary/aromatic N) is 2. The molecule has 0 aliphatic carbocycles. The lowest BCUT2D eigenvalue weighted by Gasteiger charge is -2.34. The number of halogens is 3. The van der Waals surface area contributed by atoms with Gasteiger partial charge in [-0.1, -0.05) is 0 Å². The van der Waals surface area contributed by atoms with E-state index in [-0.39, 0.29) is 5.69 Å². The molecule has 2 rings (SSSR count). The Hall–Kier alpha value is -2.32. The second kappa shape index (κ2) is 7.06. The first-order chi connectivity index (χ1) is 11.2. The number of rotatable bonds is 4. The van der Waals surface area contributed by atoms with Crippen LogP contribution in [-0.4, -0.2) is 36.6 Å². The Balaban J connectivity index is 2.05. The maximum Gasteiger partial charge on any atom is 0.405 e. The van der Waals surface area contributed by atoms with Gasteiger partial charge in [-0.3, -0.25) is 14.9 Å². The van der Waals surface area contributed by atoms with Gasteiger partial charge in [0, 0.05) is 30.9 Å². The number of alkyl halides is 3. The van der Waals surface area contributed by atoms with Crippen LogP contribution in [0.3, 0.4) is 0 Å². The second-order valence-electron chi connectivity index (χ2n) is 5.85. The molecule has 1 aromatic carbocycles. The zero-order chi connectivity index (χ0) is 17.9. The van der Waals surface area contributed by atoms with Crippen molar-refractivity contribution in [2.75, 3.05) is 24.5 Å². The third-order valence-corrected chi connectivity index (χ3v) is 3.99. The lowest BCUT2D eigenvalue weighted by atomic mass is 9.96. The van der Waals surface area contributed by atoms with Gasteiger partial charge in [0.2, 0.25) is 5.91 Å².